The predicted molar refractivity (Wildman–Crippen MR) is 157 cm³/mol. The zero-order valence-electron chi connectivity index (χ0n) is 23.7. The molecule has 4 N–H and O–H groups in total. The van der Waals surface area contributed by atoms with Crippen LogP contribution in [-0.2, 0) is 16.1 Å². The first kappa shape index (κ1) is 28.6. The van der Waals surface area contributed by atoms with Crippen LogP contribution in [0.15, 0.2) is 60.9 Å². The van der Waals surface area contributed by atoms with Gasteiger partial charge in [0.25, 0.3) is 0 Å². The summed E-state index contributed by atoms with van der Waals surface area (Å²) in [5.74, 6) is 0.843. The number of rotatable bonds is 10. The lowest BCUT2D eigenvalue weighted by atomic mass is 10.0. The molecule has 0 aliphatic rings. The van der Waals surface area contributed by atoms with Gasteiger partial charge in [-0.15, -0.1) is 0 Å². The zero-order chi connectivity index (χ0) is 28.7. The van der Waals surface area contributed by atoms with Gasteiger partial charge in [0.05, 0.1) is 30.3 Å². The van der Waals surface area contributed by atoms with Crippen LogP contribution in [0.2, 0.25) is 0 Å². The number of ether oxygens (including phenoxy) is 1. The molecule has 0 bridgehead atoms. The molecule has 2 aromatic heterocycles. The average Bonchev–Trinajstić information content (AvgIpc) is 3.57. The summed E-state index contributed by atoms with van der Waals surface area (Å²) in [7, 11) is 2.10. The summed E-state index contributed by atoms with van der Waals surface area (Å²) in [6.07, 6.45) is 4.00. The second-order valence-electron chi connectivity index (χ2n) is 10.7. The molecule has 0 radical (unpaired) electrons. The molecule has 210 valence electrons. The fourth-order valence-corrected chi connectivity index (χ4v) is 4.16. The zero-order valence-corrected chi connectivity index (χ0v) is 23.7. The first-order chi connectivity index (χ1) is 19.1. The van der Waals surface area contributed by atoms with Gasteiger partial charge in [0, 0.05) is 0 Å². The third-order valence-electron chi connectivity index (χ3n) is 6.00. The van der Waals surface area contributed by atoms with Gasteiger partial charge in [-0.3, -0.25) is 15.0 Å². The number of nitrogens with zero attached hydrogens (tertiary/aromatic N) is 3. The molecule has 10 heteroatoms. The number of hydrogen-bond donors (Lipinski definition) is 4. The Morgan fingerprint density at radius 3 is 2.00 bits per heavy atom. The van der Waals surface area contributed by atoms with Crippen molar-refractivity contribution in [1.29, 1.82) is 0 Å². The summed E-state index contributed by atoms with van der Waals surface area (Å²) in [5, 5.41) is 5.06. The van der Waals surface area contributed by atoms with Crippen LogP contribution >= 0.6 is 0 Å². The monoisotopic (exact) mass is 543 g/mol. The number of imidazole rings is 2. The lowest BCUT2D eigenvalue weighted by molar-refractivity contribution is -0.115. The van der Waals surface area contributed by atoms with E-state index in [0.717, 1.165) is 59.0 Å². The Morgan fingerprint density at radius 1 is 0.875 bits per heavy atom. The van der Waals surface area contributed by atoms with Crippen molar-refractivity contribution >= 4 is 17.9 Å². The molecule has 0 unspecified atom stereocenters. The molecule has 0 saturated carbocycles. The van der Waals surface area contributed by atoms with Gasteiger partial charge in [0.1, 0.15) is 18.0 Å². The topological polar surface area (TPSA) is 128 Å². The smallest absolute Gasteiger partial charge is 0.408 e. The van der Waals surface area contributed by atoms with E-state index in [1.165, 1.54) is 0 Å². The van der Waals surface area contributed by atoms with Gasteiger partial charge in [-0.05, 0) is 63.0 Å². The minimum absolute atomic E-state index is 0.226. The van der Waals surface area contributed by atoms with Gasteiger partial charge in [-0.1, -0.05) is 55.5 Å². The van der Waals surface area contributed by atoms with Gasteiger partial charge in [0.2, 0.25) is 11.9 Å². The first-order valence-electron chi connectivity index (χ1n) is 13.3. The molecule has 0 atom stereocenters. The fraction of sp³-hybridized carbons (Fsp3) is 0.333. The largest absolute Gasteiger partial charge is 0.444 e. The van der Waals surface area contributed by atoms with Gasteiger partial charge in [-0.25, -0.2) is 14.8 Å². The second-order valence-corrected chi connectivity index (χ2v) is 10.7. The Labute approximate surface area is 234 Å². The quantitative estimate of drug-likeness (QED) is 0.211. The highest BCUT2D eigenvalue weighted by molar-refractivity contribution is 5.92. The minimum Gasteiger partial charge on any atom is -0.444 e. The van der Waals surface area contributed by atoms with Crippen LogP contribution < -0.4 is 10.6 Å². The third kappa shape index (κ3) is 8.03. The minimum atomic E-state index is -0.654. The van der Waals surface area contributed by atoms with Crippen LogP contribution in [-0.4, -0.2) is 62.6 Å². The maximum absolute atomic E-state index is 12.2. The van der Waals surface area contributed by atoms with Crippen LogP contribution in [0.25, 0.3) is 33.6 Å². The van der Waals surface area contributed by atoms with E-state index in [9.17, 15) is 9.59 Å². The van der Waals surface area contributed by atoms with E-state index in [2.05, 4.69) is 73.7 Å². The Morgan fingerprint density at radius 2 is 1.43 bits per heavy atom. The maximum Gasteiger partial charge on any atom is 0.408 e. The molecule has 0 fully saturated rings. The highest BCUT2D eigenvalue weighted by Gasteiger charge is 2.17. The summed E-state index contributed by atoms with van der Waals surface area (Å²) >= 11 is 0. The molecule has 0 aliphatic heterocycles. The van der Waals surface area contributed by atoms with Crippen molar-refractivity contribution in [2.45, 2.75) is 46.3 Å². The van der Waals surface area contributed by atoms with Gasteiger partial charge in [-0.2, -0.15) is 0 Å². The highest BCUT2D eigenvalue weighted by Crippen LogP contribution is 2.27. The highest BCUT2D eigenvalue weighted by atomic mass is 16.6. The number of alkyl carbamates (subject to hydrolysis) is 1. The fourth-order valence-electron chi connectivity index (χ4n) is 4.16. The molecule has 10 nitrogen and oxygen atoms in total. The molecule has 4 rings (SSSR count). The predicted octanol–water partition coefficient (Wildman–Crippen LogP) is 5.44. The van der Waals surface area contributed by atoms with Crippen molar-refractivity contribution < 1.29 is 14.3 Å². The maximum atomic E-state index is 12.2. The number of carbonyl (C=O) groups excluding carboxylic acids is 2. The van der Waals surface area contributed by atoms with Crippen LogP contribution in [0.3, 0.4) is 0 Å². The van der Waals surface area contributed by atoms with Crippen LogP contribution in [0, 0.1) is 0 Å². The summed E-state index contributed by atoms with van der Waals surface area (Å²) in [6.45, 7) is 9.05. The Balaban J connectivity index is 1.33. The Bertz CT molecular complexity index is 1420. The SMILES string of the molecule is CCCN(C)Cc1ncc(-c2ccc(-c3ccc(-c4cnc(NC(=O)CNC(=O)OC(C)(C)C)[nH]4)cc3)cc2)[nH]1. The average molecular weight is 544 g/mol. The molecule has 0 aliphatic carbocycles. The number of carbonyl (C=O) groups is 2. The van der Waals surface area contributed by atoms with Crippen molar-refractivity contribution in [2.24, 2.45) is 0 Å². The van der Waals surface area contributed by atoms with Crippen LogP contribution in [0.4, 0.5) is 10.7 Å². The van der Waals surface area contributed by atoms with Crippen molar-refractivity contribution in [2.75, 3.05) is 25.5 Å². The number of anilines is 1. The summed E-state index contributed by atoms with van der Waals surface area (Å²) in [5.41, 5.74) is 5.34. The number of nitrogens with one attached hydrogen (secondary N) is 4. The molecule has 2 heterocycles. The Hall–Kier alpha value is -4.44. The third-order valence-corrected chi connectivity index (χ3v) is 6.00. The number of aromatic nitrogens is 4. The molecular formula is C30H37N7O3. The van der Waals surface area contributed by atoms with E-state index in [0.29, 0.717) is 5.95 Å². The number of hydrogen-bond acceptors (Lipinski definition) is 6. The number of amides is 2. The van der Waals surface area contributed by atoms with Crippen molar-refractivity contribution in [3.05, 3.63) is 66.7 Å². The van der Waals surface area contributed by atoms with E-state index in [1.807, 2.05) is 30.5 Å². The Kier molecular flexibility index (Phi) is 9.00. The van der Waals surface area contributed by atoms with E-state index in [4.69, 9.17) is 4.74 Å². The molecule has 40 heavy (non-hydrogen) atoms. The normalized spacial score (nSPS) is 11.4. The lowest BCUT2D eigenvalue weighted by Crippen LogP contribution is -2.37. The summed E-state index contributed by atoms with van der Waals surface area (Å²) in [4.78, 5) is 41.4. The van der Waals surface area contributed by atoms with Crippen LogP contribution in [0.1, 0.15) is 39.9 Å². The van der Waals surface area contributed by atoms with E-state index in [-0.39, 0.29) is 6.54 Å². The first-order valence-corrected chi connectivity index (χ1v) is 13.3. The molecule has 0 spiro atoms. The molecular weight excluding hydrogens is 506 g/mol. The van der Waals surface area contributed by atoms with Crippen molar-refractivity contribution in [3.63, 3.8) is 0 Å². The second kappa shape index (κ2) is 12.6. The van der Waals surface area contributed by atoms with E-state index >= 15 is 0 Å². The van der Waals surface area contributed by atoms with Crippen molar-refractivity contribution in [1.82, 2.24) is 30.2 Å². The van der Waals surface area contributed by atoms with E-state index < -0.39 is 17.6 Å². The molecule has 4 aromatic rings. The van der Waals surface area contributed by atoms with Crippen molar-refractivity contribution in [3.8, 4) is 33.6 Å². The van der Waals surface area contributed by atoms with Gasteiger partial charge >= 0.3 is 6.09 Å². The molecule has 0 saturated heterocycles. The van der Waals surface area contributed by atoms with Crippen LogP contribution in [0.5, 0.6) is 0 Å². The van der Waals surface area contributed by atoms with Gasteiger partial charge in [0.15, 0.2) is 0 Å². The summed E-state index contributed by atoms with van der Waals surface area (Å²) < 4.78 is 5.13. The standard InChI is InChI=1S/C30H37N7O3/c1-6-15-37(5)19-26-31-16-24(34-26)22-11-7-20(8-12-22)21-9-13-23(14-10-21)25-17-32-28(35-25)36-27(38)18-33-29(39)40-30(2,3)4/h7-14,16-17H,6,15,18-19H2,1-5H3,(H,31,34)(H,33,39)(H2,32,35,36,38). The lowest BCUT2D eigenvalue weighted by Gasteiger charge is -2.19. The van der Waals surface area contributed by atoms with E-state index in [1.54, 1.807) is 27.0 Å². The van der Waals surface area contributed by atoms with Gasteiger partial charge < -0.3 is 20.0 Å². The summed E-state index contributed by atoms with van der Waals surface area (Å²) in [6, 6.07) is 16.5. The molecule has 2 aromatic carbocycles. The number of H-pyrrole nitrogens is 2. The molecule has 2 amide bonds. The number of aromatic amines is 2. The number of benzene rings is 2.